The second-order valence-corrected chi connectivity index (χ2v) is 6.66. The molecular formula is C19H20N4O2S. The first-order chi connectivity index (χ1) is 12.7. The van der Waals surface area contributed by atoms with Crippen molar-refractivity contribution in [1.29, 1.82) is 0 Å². The fourth-order valence-corrected chi connectivity index (χ4v) is 3.04. The lowest BCUT2D eigenvalue weighted by Crippen LogP contribution is -2.28. The van der Waals surface area contributed by atoms with Crippen molar-refractivity contribution in [1.82, 2.24) is 20.5 Å². The van der Waals surface area contributed by atoms with Crippen molar-refractivity contribution in [2.24, 2.45) is 0 Å². The average Bonchev–Trinajstić information content (AvgIpc) is 3.17. The number of benzene rings is 2. The highest BCUT2D eigenvalue weighted by atomic mass is 32.2. The Labute approximate surface area is 156 Å². The standard InChI is InChI=1S/C19H20N4O2S/c1-14-3-2-4-17(11-14)25-10-9-20-18(24)16-7-5-15(6-8-16)12-26-19-21-13-22-23-19/h2-8,11,13H,9-10,12H2,1H3,(H,20,24)(H,21,22,23). The molecule has 2 N–H and O–H groups in total. The van der Waals surface area contributed by atoms with Crippen molar-refractivity contribution < 1.29 is 9.53 Å². The lowest BCUT2D eigenvalue weighted by molar-refractivity contribution is 0.0947. The molecule has 7 heteroatoms. The van der Waals surface area contributed by atoms with Crippen molar-refractivity contribution in [2.45, 2.75) is 17.8 Å². The maximum atomic E-state index is 12.2. The van der Waals surface area contributed by atoms with Crippen LogP contribution < -0.4 is 10.1 Å². The molecule has 0 saturated carbocycles. The first-order valence-electron chi connectivity index (χ1n) is 8.25. The summed E-state index contributed by atoms with van der Waals surface area (Å²) in [4.78, 5) is 16.2. The summed E-state index contributed by atoms with van der Waals surface area (Å²) < 4.78 is 5.63. The van der Waals surface area contributed by atoms with E-state index in [9.17, 15) is 4.79 Å². The van der Waals surface area contributed by atoms with Gasteiger partial charge >= 0.3 is 0 Å². The molecule has 0 bridgehead atoms. The molecule has 3 rings (SSSR count). The van der Waals surface area contributed by atoms with Crippen LogP contribution in [0.4, 0.5) is 0 Å². The summed E-state index contributed by atoms with van der Waals surface area (Å²) >= 11 is 1.56. The van der Waals surface area contributed by atoms with Crippen LogP contribution in [0.5, 0.6) is 5.75 Å². The molecule has 6 nitrogen and oxygen atoms in total. The van der Waals surface area contributed by atoms with E-state index in [2.05, 4.69) is 20.5 Å². The molecule has 0 unspecified atom stereocenters. The van der Waals surface area contributed by atoms with Gasteiger partial charge in [-0.3, -0.25) is 9.89 Å². The lowest BCUT2D eigenvalue weighted by Gasteiger charge is -2.08. The number of nitrogens with one attached hydrogen (secondary N) is 2. The number of amides is 1. The van der Waals surface area contributed by atoms with Crippen LogP contribution in [0.15, 0.2) is 60.0 Å². The van der Waals surface area contributed by atoms with Crippen molar-refractivity contribution in [2.75, 3.05) is 13.2 Å². The van der Waals surface area contributed by atoms with Gasteiger partial charge in [0.2, 0.25) is 0 Å². The molecule has 134 valence electrons. The first-order valence-corrected chi connectivity index (χ1v) is 9.24. The van der Waals surface area contributed by atoms with Gasteiger partial charge in [-0.2, -0.15) is 5.10 Å². The van der Waals surface area contributed by atoms with E-state index >= 15 is 0 Å². The maximum absolute atomic E-state index is 12.2. The van der Waals surface area contributed by atoms with E-state index in [0.717, 1.165) is 27.8 Å². The van der Waals surface area contributed by atoms with Crippen LogP contribution in [-0.2, 0) is 5.75 Å². The van der Waals surface area contributed by atoms with E-state index in [-0.39, 0.29) is 5.91 Å². The highest BCUT2D eigenvalue weighted by Crippen LogP contribution is 2.18. The van der Waals surface area contributed by atoms with E-state index in [1.165, 1.54) is 6.33 Å². The van der Waals surface area contributed by atoms with Gasteiger partial charge in [0.15, 0.2) is 5.16 Å². The van der Waals surface area contributed by atoms with Crippen LogP contribution in [0.25, 0.3) is 0 Å². The van der Waals surface area contributed by atoms with Gasteiger partial charge in [-0.15, -0.1) is 0 Å². The van der Waals surface area contributed by atoms with E-state index in [1.54, 1.807) is 11.8 Å². The summed E-state index contributed by atoms with van der Waals surface area (Å²) in [6.07, 6.45) is 1.48. The average molecular weight is 368 g/mol. The number of nitrogens with zero attached hydrogens (tertiary/aromatic N) is 2. The second kappa shape index (κ2) is 9.05. The molecule has 2 aromatic carbocycles. The molecule has 0 atom stereocenters. The van der Waals surface area contributed by atoms with Crippen molar-refractivity contribution in [3.8, 4) is 5.75 Å². The Morgan fingerprint density at radius 1 is 1.23 bits per heavy atom. The molecule has 1 heterocycles. The molecule has 26 heavy (non-hydrogen) atoms. The molecule has 1 aromatic heterocycles. The fourth-order valence-electron chi connectivity index (χ4n) is 2.31. The monoisotopic (exact) mass is 368 g/mol. The van der Waals surface area contributed by atoms with E-state index in [1.807, 2.05) is 55.5 Å². The zero-order valence-electron chi connectivity index (χ0n) is 14.4. The quantitative estimate of drug-likeness (QED) is 0.471. The number of rotatable bonds is 8. The number of aromatic amines is 1. The first kappa shape index (κ1) is 18.0. The van der Waals surface area contributed by atoms with Crippen LogP contribution in [0.1, 0.15) is 21.5 Å². The Balaban J connectivity index is 1.41. The van der Waals surface area contributed by atoms with Crippen molar-refractivity contribution in [3.63, 3.8) is 0 Å². The molecule has 3 aromatic rings. The van der Waals surface area contributed by atoms with Crippen LogP contribution in [0, 0.1) is 6.92 Å². The SMILES string of the molecule is Cc1cccc(OCCNC(=O)c2ccc(CSc3ncn[nH]3)cc2)c1. The minimum atomic E-state index is -0.104. The number of aryl methyl sites for hydroxylation is 1. The van der Waals surface area contributed by atoms with Gasteiger partial charge in [0.1, 0.15) is 18.7 Å². The zero-order valence-corrected chi connectivity index (χ0v) is 15.3. The summed E-state index contributed by atoms with van der Waals surface area (Å²) in [6.45, 7) is 2.90. The predicted octanol–water partition coefficient (Wildman–Crippen LogP) is 3.21. The van der Waals surface area contributed by atoms with Crippen molar-refractivity contribution in [3.05, 3.63) is 71.5 Å². The second-order valence-electron chi connectivity index (χ2n) is 5.70. The van der Waals surface area contributed by atoms with Gasteiger partial charge in [0.05, 0.1) is 6.54 Å². The maximum Gasteiger partial charge on any atom is 0.251 e. The molecule has 0 radical (unpaired) electrons. The van der Waals surface area contributed by atoms with Crippen LogP contribution in [0.3, 0.4) is 0 Å². The number of ether oxygens (including phenoxy) is 1. The molecule has 0 spiro atoms. The lowest BCUT2D eigenvalue weighted by atomic mass is 10.1. The molecule has 0 fully saturated rings. The number of H-pyrrole nitrogens is 1. The Morgan fingerprint density at radius 3 is 2.81 bits per heavy atom. The minimum absolute atomic E-state index is 0.104. The van der Waals surface area contributed by atoms with Gasteiger partial charge in [-0.05, 0) is 42.3 Å². The summed E-state index contributed by atoms with van der Waals surface area (Å²) in [6, 6.07) is 15.4. The third-order valence-corrected chi connectivity index (χ3v) is 4.58. The normalized spacial score (nSPS) is 10.5. The van der Waals surface area contributed by atoms with E-state index in [0.29, 0.717) is 18.7 Å². The number of carbonyl (C=O) groups is 1. The highest BCUT2D eigenvalue weighted by Gasteiger charge is 2.06. The van der Waals surface area contributed by atoms with E-state index < -0.39 is 0 Å². The predicted molar refractivity (Wildman–Crippen MR) is 101 cm³/mol. The number of aromatic nitrogens is 3. The van der Waals surface area contributed by atoms with Crippen molar-refractivity contribution >= 4 is 17.7 Å². The highest BCUT2D eigenvalue weighted by molar-refractivity contribution is 7.98. The summed E-state index contributed by atoms with van der Waals surface area (Å²) in [5.41, 5.74) is 2.90. The molecule has 0 aliphatic heterocycles. The Kier molecular flexibility index (Phi) is 6.27. The summed E-state index contributed by atoms with van der Waals surface area (Å²) in [7, 11) is 0. The smallest absolute Gasteiger partial charge is 0.251 e. The summed E-state index contributed by atoms with van der Waals surface area (Å²) in [5, 5.41) is 10.3. The molecule has 1 amide bonds. The molecular weight excluding hydrogens is 348 g/mol. The van der Waals surface area contributed by atoms with Gasteiger partial charge in [0, 0.05) is 11.3 Å². The molecule has 0 saturated heterocycles. The van der Waals surface area contributed by atoms with Gasteiger partial charge < -0.3 is 10.1 Å². The number of thioether (sulfide) groups is 1. The van der Waals surface area contributed by atoms with E-state index in [4.69, 9.17) is 4.74 Å². The van der Waals surface area contributed by atoms with Gasteiger partial charge in [-0.25, -0.2) is 4.98 Å². The Bertz CT molecular complexity index is 835. The third-order valence-electron chi connectivity index (χ3n) is 3.63. The molecule has 0 aliphatic carbocycles. The Hall–Kier alpha value is -2.80. The van der Waals surface area contributed by atoms with Gasteiger partial charge in [0.25, 0.3) is 5.91 Å². The summed E-state index contributed by atoms with van der Waals surface area (Å²) in [5.74, 6) is 1.47. The number of hydrogen-bond acceptors (Lipinski definition) is 5. The largest absolute Gasteiger partial charge is 0.492 e. The topological polar surface area (TPSA) is 79.9 Å². The minimum Gasteiger partial charge on any atom is -0.492 e. The number of hydrogen-bond donors (Lipinski definition) is 2. The van der Waals surface area contributed by atoms with Crippen LogP contribution >= 0.6 is 11.8 Å². The third kappa shape index (κ3) is 5.35. The van der Waals surface area contributed by atoms with Crippen LogP contribution in [0.2, 0.25) is 0 Å². The zero-order chi connectivity index (χ0) is 18.2. The molecule has 0 aliphatic rings. The van der Waals surface area contributed by atoms with Crippen LogP contribution in [-0.4, -0.2) is 34.2 Å². The van der Waals surface area contributed by atoms with Gasteiger partial charge in [-0.1, -0.05) is 36.0 Å². The number of carbonyl (C=O) groups excluding carboxylic acids is 1. The fraction of sp³-hybridized carbons (Fsp3) is 0.211. The Morgan fingerprint density at radius 2 is 2.08 bits per heavy atom.